The Balaban J connectivity index is 1.85. The molecule has 0 bridgehead atoms. The molecular weight excluding hydrogens is 485 g/mol. The van der Waals surface area contributed by atoms with Gasteiger partial charge in [-0.2, -0.15) is 0 Å². The molecule has 0 saturated heterocycles. The average Bonchev–Trinajstić information content (AvgIpc) is 2.99. The number of halogens is 2. The van der Waals surface area contributed by atoms with Crippen molar-refractivity contribution in [3.8, 4) is 11.5 Å². The van der Waals surface area contributed by atoms with Crippen molar-refractivity contribution in [1.29, 1.82) is 0 Å². The first-order valence-electron chi connectivity index (χ1n) is 7.81. The lowest BCUT2D eigenvalue weighted by molar-refractivity contribution is -0.122. The Morgan fingerprint density at radius 1 is 1.27 bits per heavy atom. The van der Waals surface area contributed by atoms with Crippen LogP contribution in [0.5, 0.6) is 0 Å². The summed E-state index contributed by atoms with van der Waals surface area (Å²) in [5.74, 6) is 0.172. The minimum atomic E-state index is -0.145. The zero-order valence-corrected chi connectivity index (χ0v) is 17.7. The van der Waals surface area contributed by atoms with Crippen molar-refractivity contribution in [3.05, 3.63) is 45.0 Å². The minimum Gasteiger partial charge on any atom is -0.436 e. The molecule has 0 fully saturated rings. The van der Waals surface area contributed by atoms with Crippen molar-refractivity contribution in [2.45, 2.75) is 13.8 Å². The van der Waals surface area contributed by atoms with Crippen molar-refractivity contribution >= 4 is 74.2 Å². The van der Waals surface area contributed by atoms with E-state index in [0.29, 0.717) is 27.7 Å². The summed E-state index contributed by atoms with van der Waals surface area (Å²) in [4.78, 5) is 16.2. The molecule has 0 unspecified atom stereocenters. The summed E-state index contributed by atoms with van der Waals surface area (Å²) in [6.07, 6.45) is 0. The third-order valence-electron chi connectivity index (χ3n) is 3.57. The van der Waals surface area contributed by atoms with Gasteiger partial charge in [0.15, 0.2) is 10.7 Å². The predicted molar refractivity (Wildman–Crippen MR) is 116 cm³/mol. The lowest BCUT2D eigenvalue weighted by Gasteiger charge is -2.10. The number of benzene rings is 2. The van der Waals surface area contributed by atoms with Gasteiger partial charge in [-0.1, -0.05) is 25.4 Å². The van der Waals surface area contributed by atoms with Gasteiger partial charge in [0.1, 0.15) is 5.52 Å². The van der Waals surface area contributed by atoms with Crippen LogP contribution in [-0.2, 0) is 4.79 Å². The van der Waals surface area contributed by atoms with E-state index in [1.165, 1.54) is 0 Å². The fraction of sp³-hybridized carbons (Fsp3) is 0.167. The van der Waals surface area contributed by atoms with Gasteiger partial charge in [0.2, 0.25) is 11.8 Å². The first-order valence-corrected chi connectivity index (χ1v) is 9.68. The van der Waals surface area contributed by atoms with Crippen LogP contribution in [0.4, 0.5) is 5.69 Å². The Hall–Kier alpha value is -1.71. The Bertz CT molecular complexity index is 1000. The molecule has 0 aliphatic rings. The Morgan fingerprint density at radius 3 is 2.77 bits per heavy atom. The lowest BCUT2D eigenvalue weighted by atomic mass is 10.2. The number of anilines is 1. The summed E-state index contributed by atoms with van der Waals surface area (Å²) >= 11 is 13.6. The highest BCUT2D eigenvalue weighted by atomic mass is 127. The smallest absolute Gasteiger partial charge is 0.228 e. The molecule has 3 rings (SSSR count). The lowest BCUT2D eigenvalue weighted by Crippen LogP contribution is -2.36. The summed E-state index contributed by atoms with van der Waals surface area (Å²) in [5, 5.41) is 6.44. The second-order valence-electron chi connectivity index (χ2n) is 5.92. The van der Waals surface area contributed by atoms with E-state index in [4.69, 9.17) is 28.2 Å². The highest BCUT2D eigenvalue weighted by Crippen LogP contribution is 2.32. The van der Waals surface area contributed by atoms with Crippen LogP contribution in [0.25, 0.3) is 22.6 Å². The van der Waals surface area contributed by atoms with Gasteiger partial charge in [0.05, 0.1) is 10.6 Å². The first kappa shape index (κ1) is 19.1. The number of thiocarbonyl (C=S) groups is 1. The number of nitrogens with one attached hydrogen (secondary N) is 2. The molecule has 0 aliphatic heterocycles. The molecule has 0 radical (unpaired) electrons. The summed E-state index contributed by atoms with van der Waals surface area (Å²) in [7, 11) is 0. The van der Waals surface area contributed by atoms with Gasteiger partial charge in [-0.15, -0.1) is 0 Å². The van der Waals surface area contributed by atoms with E-state index in [1.54, 1.807) is 26.0 Å². The van der Waals surface area contributed by atoms with Gasteiger partial charge >= 0.3 is 0 Å². The third kappa shape index (κ3) is 4.33. The van der Waals surface area contributed by atoms with Crippen LogP contribution in [0, 0.1) is 9.49 Å². The molecule has 1 amide bonds. The van der Waals surface area contributed by atoms with Crippen LogP contribution < -0.4 is 10.6 Å². The number of carbonyl (C=O) groups excluding carboxylic acids is 1. The number of hydrogen-bond acceptors (Lipinski definition) is 4. The molecule has 2 aromatic carbocycles. The van der Waals surface area contributed by atoms with Crippen molar-refractivity contribution < 1.29 is 9.21 Å². The first-order chi connectivity index (χ1) is 12.3. The van der Waals surface area contributed by atoms with Gasteiger partial charge in [-0.05, 0) is 71.2 Å². The van der Waals surface area contributed by atoms with E-state index in [0.717, 1.165) is 9.13 Å². The van der Waals surface area contributed by atoms with E-state index in [9.17, 15) is 4.79 Å². The SMILES string of the molecule is CC(C)C(=O)NC(=S)Nc1ccc2oc(-c3cc(I)ccc3Cl)nc2c1. The maximum absolute atomic E-state index is 11.7. The number of rotatable bonds is 3. The molecule has 26 heavy (non-hydrogen) atoms. The molecule has 0 spiro atoms. The van der Waals surface area contributed by atoms with E-state index in [2.05, 4.69) is 38.2 Å². The van der Waals surface area contributed by atoms with E-state index in [-0.39, 0.29) is 16.9 Å². The molecular formula is C18H15ClIN3O2S. The second kappa shape index (κ2) is 7.89. The van der Waals surface area contributed by atoms with Crippen molar-refractivity contribution in [2.75, 3.05) is 5.32 Å². The van der Waals surface area contributed by atoms with E-state index in [1.807, 2.05) is 24.3 Å². The van der Waals surface area contributed by atoms with Gasteiger partial charge in [-0.25, -0.2) is 4.98 Å². The van der Waals surface area contributed by atoms with E-state index < -0.39 is 0 Å². The standard InChI is InChI=1S/C18H15ClIN3O2S/c1-9(2)16(24)23-18(26)21-11-4-6-15-14(8-11)22-17(25-15)12-7-10(20)3-5-13(12)19/h3-9H,1-2H3,(H2,21,23,24,26). The van der Waals surface area contributed by atoms with Crippen molar-refractivity contribution in [1.82, 2.24) is 10.3 Å². The largest absolute Gasteiger partial charge is 0.436 e. The van der Waals surface area contributed by atoms with Gasteiger partial charge in [0.25, 0.3) is 0 Å². The molecule has 0 saturated carbocycles. The normalized spacial score (nSPS) is 11.0. The minimum absolute atomic E-state index is 0.138. The molecule has 3 aromatic rings. The van der Waals surface area contributed by atoms with Crippen LogP contribution in [0.3, 0.4) is 0 Å². The number of amides is 1. The van der Waals surface area contributed by atoms with Crippen LogP contribution in [0.2, 0.25) is 5.02 Å². The Kier molecular flexibility index (Phi) is 5.79. The number of nitrogens with zero attached hydrogens (tertiary/aromatic N) is 1. The molecule has 134 valence electrons. The molecule has 1 heterocycles. The van der Waals surface area contributed by atoms with Crippen molar-refractivity contribution in [2.24, 2.45) is 5.92 Å². The summed E-state index contributed by atoms with van der Waals surface area (Å²) in [6, 6.07) is 11.1. The maximum Gasteiger partial charge on any atom is 0.228 e. The average molecular weight is 500 g/mol. The quantitative estimate of drug-likeness (QED) is 0.382. The zero-order valence-electron chi connectivity index (χ0n) is 14.0. The molecule has 5 nitrogen and oxygen atoms in total. The molecule has 0 aliphatic carbocycles. The van der Waals surface area contributed by atoms with Crippen LogP contribution in [-0.4, -0.2) is 16.0 Å². The summed E-state index contributed by atoms with van der Waals surface area (Å²) in [5.41, 5.74) is 2.75. The third-order valence-corrected chi connectivity index (χ3v) is 4.77. The number of aromatic nitrogens is 1. The number of oxazole rings is 1. The van der Waals surface area contributed by atoms with Crippen LogP contribution >= 0.6 is 46.4 Å². The summed E-state index contributed by atoms with van der Waals surface area (Å²) < 4.78 is 6.86. The fourth-order valence-electron chi connectivity index (χ4n) is 2.20. The zero-order chi connectivity index (χ0) is 18.8. The number of carbonyl (C=O) groups is 1. The van der Waals surface area contributed by atoms with Gasteiger partial charge in [0, 0.05) is 15.2 Å². The monoisotopic (exact) mass is 499 g/mol. The van der Waals surface area contributed by atoms with Gasteiger partial charge < -0.3 is 15.1 Å². The topological polar surface area (TPSA) is 67.2 Å². The van der Waals surface area contributed by atoms with E-state index >= 15 is 0 Å². The number of hydrogen-bond donors (Lipinski definition) is 2. The van der Waals surface area contributed by atoms with Crippen molar-refractivity contribution in [3.63, 3.8) is 0 Å². The fourth-order valence-corrected chi connectivity index (χ4v) is 3.11. The van der Waals surface area contributed by atoms with Gasteiger partial charge in [-0.3, -0.25) is 4.79 Å². The van der Waals surface area contributed by atoms with Crippen LogP contribution in [0.1, 0.15) is 13.8 Å². The Labute approximate surface area is 174 Å². The molecule has 1 aromatic heterocycles. The van der Waals surface area contributed by atoms with Crippen LogP contribution in [0.15, 0.2) is 40.8 Å². The molecule has 8 heteroatoms. The second-order valence-corrected chi connectivity index (χ2v) is 7.98. The Morgan fingerprint density at radius 2 is 2.04 bits per heavy atom. The predicted octanol–water partition coefficient (Wildman–Crippen LogP) is 5.22. The highest BCUT2D eigenvalue weighted by molar-refractivity contribution is 14.1. The molecule has 2 N–H and O–H groups in total. The highest BCUT2D eigenvalue weighted by Gasteiger charge is 2.13. The number of fused-ring (bicyclic) bond motifs is 1. The summed E-state index contributed by atoms with van der Waals surface area (Å²) in [6.45, 7) is 3.60. The maximum atomic E-state index is 11.7. The molecule has 0 atom stereocenters.